The molecule has 0 aliphatic rings. The normalized spacial score (nSPS) is 10.4. The van der Waals surface area contributed by atoms with Gasteiger partial charge in [0.25, 0.3) is 0 Å². The molecule has 2 rings (SSSR count). The van der Waals surface area contributed by atoms with E-state index in [-0.39, 0.29) is 5.97 Å². The first-order valence-electron chi connectivity index (χ1n) is 6.94. The van der Waals surface area contributed by atoms with Crippen molar-refractivity contribution in [2.45, 2.75) is 27.3 Å². The summed E-state index contributed by atoms with van der Waals surface area (Å²) in [5.74, 6) is -0.350. The summed E-state index contributed by atoms with van der Waals surface area (Å²) in [6, 6.07) is 3.96. The number of aromatic nitrogens is 2. The third-order valence-electron chi connectivity index (χ3n) is 3.03. The van der Waals surface area contributed by atoms with Crippen molar-refractivity contribution in [2.75, 3.05) is 18.1 Å². The molecule has 0 amide bonds. The molecule has 0 aliphatic carbocycles. The summed E-state index contributed by atoms with van der Waals surface area (Å²) in [6.07, 6.45) is 3.56. The number of aryl methyl sites for hydroxylation is 1. The first kappa shape index (κ1) is 15.4. The zero-order chi connectivity index (χ0) is 15.2. The number of pyridine rings is 1. The minimum absolute atomic E-state index is 0.350. The van der Waals surface area contributed by atoms with Gasteiger partial charge < -0.3 is 9.64 Å². The zero-order valence-electron chi connectivity index (χ0n) is 12.5. The third-order valence-corrected chi connectivity index (χ3v) is 4.06. The van der Waals surface area contributed by atoms with Gasteiger partial charge in [-0.15, -0.1) is 11.3 Å². The number of nitrogens with zero attached hydrogens (tertiary/aromatic N) is 3. The number of hydrogen-bond donors (Lipinski definition) is 0. The molecule has 0 saturated carbocycles. The van der Waals surface area contributed by atoms with Gasteiger partial charge >= 0.3 is 5.97 Å². The van der Waals surface area contributed by atoms with E-state index < -0.39 is 0 Å². The number of anilines is 1. The first-order valence-corrected chi connectivity index (χ1v) is 7.75. The van der Waals surface area contributed by atoms with Crippen LogP contribution in [0.25, 0.3) is 0 Å². The monoisotopic (exact) mass is 305 g/mol. The molecule has 0 aromatic carbocycles. The summed E-state index contributed by atoms with van der Waals surface area (Å²) in [4.78, 5) is 23.3. The molecule has 5 nitrogen and oxygen atoms in total. The number of rotatable bonds is 6. The number of carbonyl (C=O) groups excluding carboxylic acids is 1. The Bertz CT molecular complexity index is 598. The predicted octanol–water partition coefficient (Wildman–Crippen LogP) is 3.05. The van der Waals surface area contributed by atoms with Crippen molar-refractivity contribution >= 4 is 22.4 Å². The molecule has 2 heterocycles. The number of esters is 1. The van der Waals surface area contributed by atoms with Gasteiger partial charge in [-0.1, -0.05) is 0 Å². The second kappa shape index (κ2) is 7.17. The Hall–Kier alpha value is -1.95. The molecule has 0 aliphatic heterocycles. The van der Waals surface area contributed by atoms with Crippen LogP contribution in [-0.2, 0) is 11.3 Å². The highest BCUT2D eigenvalue weighted by atomic mass is 32.1. The maximum atomic E-state index is 11.8. The predicted molar refractivity (Wildman–Crippen MR) is 83.8 cm³/mol. The second-order valence-corrected chi connectivity index (χ2v) is 5.67. The molecular weight excluding hydrogens is 286 g/mol. The summed E-state index contributed by atoms with van der Waals surface area (Å²) in [7, 11) is 0. The molecular formula is C15H19N3O2S. The van der Waals surface area contributed by atoms with Gasteiger partial charge in [-0.2, -0.15) is 0 Å². The number of carbonyl (C=O) groups is 1. The summed E-state index contributed by atoms with van der Waals surface area (Å²) in [5.41, 5.74) is 1.59. The zero-order valence-corrected chi connectivity index (χ0v) is 13.3. The smallest absolute Gasteiger partial charge is 0.358 e. The molecule has 112 valence electrons. The van der Waals surface area contributed by atoms with Gasteiger partial charge in [-0.3, -0.25) is 4.98 Å². The van der Waals surface area contributed by atoms with E-state index in [4.69, 9.17) is 4.74 Å². The van der Waals surface area contributed by atoms with Gasteiger partial charge in [-0.05, 0) is 38.5 Å². The molecule has 6 heteroatoms. The van der Waals surface area contributed by atoms with Crippen molar-refractivity contribution in [3.63, 3.8) is 0 Å². The molecule has 0 unspecified atom stereocenters. The van der Waals surface area contributed by atoms with Crippen molar-refractivity contribution in [3.8, 4) is 0 Å². The van der Waals surface area contributed by atoms with Crippen LogP contribution in [0, 0.1) is 6.92 Å². The highest BCUT2D eigenvalue weighted by Crippen LogP contribution is 2.27. The highest BCUT2D eigenvalue weighted by molar-refractivity contribution is 7.15. The van der Waals surface area contributed by atoms with Crippen molar-refractivity contribution < 1.29 is 9.53 Å². The van der Waals surface area contributed by atoms with E-state index >= 15 is 0 Å². The lowest BCUT2D eigenvalue weighted by Gasteiger charge is -2.19. The average Bonchev–Trinajstić information content (AvgIpc) is 2.88. The highest BCUT2D eigenvalue weighted by Gasteiger charge is 2.19. The first-order chi connectivity index (χ1) is 10.2. The molecule has 0 bridgehead atoms. The molecule has 21 heavy (non-hydrogen) atoms. The second-order valence-electron chi connectivity index (χ2n) is 4.49. The van der Waals surface area contributed by atoms with Gasteiger partial charge in [-0.25, -0.2) is 9.78 Å². The van der Waals surface area contributed by atoms with E-state index in [1.54, 1.807) is 19.3 Å². The Morgan fingerprint density at radius 2 is 2.05 bits per heavy atom. The molecule has 2 aromatic heterocycles. The van der Waals surface area contributed by atoms with Crippen molar-refractivity contribution in [2.24, 2.45) is 0 Å². The van der Waals surface area contributed by atoms with Gasteiger partial charge in [0.1, 0.15) is 0 Å². The number of thiazole rings is 1. The van der Waals surface area contributed by atoms with E-state index in [0.29, 0.717) is 12.3 Å². The Kier molecular flexibility index (Phi) is 5.27. The van der Waals surface area contributed by atoms with Gasteiger partial charge in [0, 0.05) is 30.4 Å². The summed E-state index contributed by atoms with van der Waals surface area (Å²) >= 11 is 1.52. The SMILES string of the molecule is CCOC(=O)c1nc(N(CC)Cc2ccncc2)sc1C. The fourth-order valence-electron chi connectivity index (χ4n) is 1.93. The van der Waals surface area contributed by atoms with Crippen molar-refractivity contribution in [1.29, 1.82) is 0 Å². The molecule has 0 N–H and O–H groups in total. The molecule has 0 radical (unpaired) electrons. The lowest BCUT2D eigenvalue weighted by Crippen LogP contribution is -2.22. The van der Waals surface area contributed by atoms with Crippen LogP contribution in [-0.4, -0.2) is 29.1 Å². The van der Waals surface area contributed by atoms with Crippen LogP contribution < -0.4 is 4.90 Å². The van der Waals surface area contributed by atoms with E-state index in [2.05, 4.69) is 21.8 Å². The summed E-state index contributed by atoms with van der Waals surface area (Å²) in [6.45, 7) is 7.68. The Labute approximate surface area is 128 Å². The van der Waals surface area contributed by atoms with Gasteiger partial charge in [0.2, 0.25) is 0 Å². The van der Waals surface area contributed by atoms with E-state index in [1.165, 1.54) is 11.3 Å². The Morgan fingerprint density at radius 3 is 2.67 bits per heavy atom. The largest absolute Gasteiger partial charge is 0.461 e. The van der Waals surface area contributed by atoms with Gasteiger partial charge in [0.15, 0.2) is 10.8 Å². The average molecular weight is 305 g/mol. The minimum Gasteiger partial charge on any atom is -0.461 e. The number of ether oxygens (including phenoxy) is 1. The summed E-state index contributed by atoms with van der Waals surface area (Å²) in [5, 5.41) is 0.842. The van der Waals surface area contributed by atoms with Crippen LogP contribution in [0.4, 0.5) is 5.13 Å². The lowest BCUT2D eigenvalue weighted by molar-refractivity contribution is 0.0519. The van der Waals surface area contributed by atoms with Crippen molar-refractivity contribution in [1.82, 2.24) is 9.97 Å². The van der Waals surface area contributed by atoms with Crippen LogP contribution in [0.15, 0.2) is 24.5 Å². The maximum Gasteiger partial charge on any atom is 0.358 e. The lowest BCUT2D eigenvalue weighted by atomic mass is 10.2. The van der Waals surface area contributed by atoms with Gasteiger partial charge in [0.05, 0.1) is 6.61 Å². The molecule has 0 fully saturated rings. The van der Waals surface area contributed by atoms with Crippen molar-refractivity contribution in [3.05, 3.63) is 40.7 Å². The fourth-order valence-corrected chi connectivity index (χ4v) is 2.89. The van der Waals surface area contributed by atoms with Crippen LogP contribution in [0.3, 0.4) is 0 Å². The van der Waals surface area contributed by atoms with E-state index in [1.807, 2.05) is 19.1 Å². The Balaban J connectivity index is 2.19. The van der Waals surface area contributed by atoms with E-state index in [0.717, 1.165) is 28.7 Å². The van der Waals surface area contributed by atoms with Crippen LogP contribution in [0.1, 0.15) is 34.8 Å². The minimum atomic E-state index is -0.350. The molecule has 0 atom stereocenters. The quantitative estimate of drug-likeness (QED) is 0.768. The fraction of sp³-hybridized carbons (Fsp3) is 0.400. The topological polar surface area (TPSA) is 55.3 Å². The molecule has 0 saturated heterocycles. The molecule has 0 spiro atoms. The molecule has 2 aromatic rings. The van der Waals surface area contributed by atoms with Crippen LogP contribution in [0.5, 0.6) is 0 Å². The van der Waals surface area contributed by atoms with Crippen LogP contribution in [0.2, 0.25) is 0 Å². The van der Waals surface area contributed by atoms with E-state index in [9.17, 15) is 4.79 Å². The Morgan fingerprint density at radius 1 is 1.33 bits per heavy atom. The standard InChI is InChI=1S/C15H19N3O2S/c1-4-18(10-12-6-8-16-9-7-12)15-17-13(11(3)21-15)14(19)20-5-2/h6-9H,4-5,10H2,1-3H3. The summed E-state index contributed by atoms with van der Waals surface area (Å²) < 4.78 is 5.03. The van der Waals surface area contributed by atoms with Crippen LogP contribution >= 0.6 is 11.3 Å². The third kappa shape index (κ3) is 3.78. The maximum absolute atomic E-state index is 11.8. The number of hydrogen-bond acceptors (Lipinski definition) is 6.